The number of carbonyl (C=O) groups excluding carboxylic acids is 1. The van der Waals surface area contributed by atoms with E-state index in [0.717, 1.165) is 28.9 Å². The van der Waals surface area contributed by atoms with E-state index in [4.69, 9.17) is 10.5 Å². The van der Waals surface area contributed by atoms with Crippen LogP contribution in [0.2, 0.25) is 0 Å². The smallest absolute Gasteiger partial charge is 0.237 e. The first kappa shape index (κ1) is 20.0. The number of ether oxygens (including phenoxy) is 1. The Labute approximate surface area is 149 Å². The summed E-state index contributed by atoms with van der Waals surface area (Å²) in [4.78, 5) is 11.8. The van der Waals surface area contributed by atoms with Gasteiger partial charge in [-0.3, -0.25) is 4.79 Å². The van der Waals surface area contributed by atoms with Crippen molar-refractivity contribution in [3.63, 3.8) is 0 Å². The van der Waals surface area contributed by atoms with Gasteiger partial charge in [0.2, 0.25) is 5.91 Å². The molecule has 2 aromatic carbocycles. The molecule has 0 bridgehead atoms. The summed E-state index contributed by atoms with van der Waals surface area (Å²) < 4.78 is 5.25. The molecule has 1 amide bonds. The molecule has 3 N–H and O–H groups in total. The topological polar surface area (TPSA) is 64.4 Å². The quantitative estimate of drug-likeness (QED) is 0.804. The van der Waals surface area contributed by atoms with Gasteiger partial charge in [-0.2, -0.15) is 0 Å². The van der Waals surface area contributed by atoms with Gasteiger partial charge in [-0.1, -0.05) is 49.7 Å². The maximum absolute atomic E-state index is 11.8. The van der Waals surface area contributed by atoms with E-state index in [1.165, 1.54) is 0 Å². The molecule has 0 fully saturated rings. The Hall–Kier alpha value is -2.04. The van der Waals surface area contributed by atoms with Gasteiger partial charge in [-0.25, -0.2) is 0 Å². The van der Waals surface area contributed by atoms with Crippen molar-refractivity contribution in [3.8, 4) is 16.9 Å². The van der Waals surface area contributed by atoms with Gasteiger partial charge < -0.3 is 15.8 Å². The van der Waals surface area contributed by atoms with Crippen LogP contribution in [-0.4, -0.2) is 19.1 Å². The minimum absolute atomic E-state index is 0. The molecule has 0 saturated heterocycles. The fraction of sp³-hybridized carbons (Fsp3) is 0.316. The summed E-state index contributed by atoms with van der Waals surface area (Å²) in [5, 5.41) is 2.88. The zero-order valence-electron chi connectivity index (χ0n) is 14.1. The SMILES string of the molecule is CCCC(N)C(=O)NCc1ccc(-c2cccc(OC)c2)cc1.Cl. The first-order chi connectivity index (χ1) is 11.1. The molecule has 1 unspecified atom stereocenters. The minimum Gasteiger partial charge on any atom is -0.497 e. The lowest BCUT2D eigenvalue weighted by atomic mass is 10.0. The van der Waals surface area contributed by atoms with Crippen molar-refractivity contribution in [3.05, 3.63) is 54.1 Å². The van der Waals surface area contributed by atoms with Crippen LogP contribution in [0.5, 0.6) is 5.75 Å². The number of methoxy groups -OCH3 is 1. The Morgan fingerprint density at radius 2 is 1.88 bits per heavy atom. The number of hydrogen-bond donors (Lipinski definition) is 2. The van der Waals surface area contributed by atoms with Crippen molar-refractivity contribution in [2.45, 2.75) is 32.4 Å². The van der Waals surface area contributed by atoms with Crippen LogP contribution in [0.4, 0.5) is 0 Å². The number of rotatable bonds is 7. The van der Waals surface area contributed by atoms with Gasteiger partial charge in [0, 0.05) is 6.54 Å². The summed E-state index contributed by atoms with van der Waals surface area (Å²) >= 11 is 0. The van der Waals surface area contributed by atoms with Crippen molar-refractivity contribution in [2.75, 3.05) is 7.11 Å². The first-order valence-corrected chi connectivity index (χ1v) is 7.90. The monoisotopic (exact) mass is 348 g/mol. The molecular formula is C19H25ClN2O2. The van der Waals surface area contributed by atoms with E-state index in [2.05, 4.69) is 5.32 Å². The highest BCUT2D eigenvalue weighted by atomic mass is 35.5. The molecule has 130 valence electrons. The number of hydrogen-bond acceptors (Lipinski definition) is 3. The average Bonchev–Trinajstić information content (AvgIpc) is 2.60. The summed E-state index contributed by atoms with van der Waals surface area (Å²) in [5.74, 6) is 0.743. The van der Waals surface area contributed by atoms with Crippen molar-refractivity contribution in [2.24, 2.45) is 5.73 Å². The number of amides is 1. The summed E-state index contributed by atoms with van der Waals surface area (Å²) in [7, 11) is 1.66. The van der Waals surface area contributed by atoms with Gasteiger partial charge in [-0.05, 0) is 35.2 Å². The Balaban J connectivity index is 0.00000288. The molecule has 0 radical (unpaired) electrons. The highest BCUT2D eigenvalue weighted by Gasteiger charge is 2.11. The Morgan fingerprint density at radius 3 is 2.50 bits per heavy atom. The molecular weight excluding hydrogens is 324 g/mol. The lowest BCUT2D eigenvalue weighted by molar-refractivity contribution is -0.122. The number of halogens is 1. The van der Waals surface area contributed by atoms with Crippen molar-refractivity contribution in [1.82, 2.24) is 5.32 Å². The predicted octanol–water partition coefficient (Wildman–Crippen LogP) is 3.53. The molecule has 2 aromatic rings. The second-order valence-corrected chi connectivity index (χ2v) is 5.54. The molecule has 0 spiro atoms. The minimum atomic E-state index is -0.420. The van der Waals surface area contributed by atoms with Crippen LogP contribution in [0.3, 0.4) is 0 Å². The van der Waals surface area contributed by atoms with Crippen LogP contribution >= 0.6 is 12.4 Å². The number of carbonyl (C=O) groups is 1. The van der Waals surface area contributed by atoms with Gasteiger partial charge >= 0.3 is 0 Å². The van der Waals surface area contributed by atoms with E-state index in [9.17, 15) is 4.79 Å². The van der Waals surface area contributed by atoms with Gasteiger partial charge in [-0.15, -0.1) is 12.4 Å². The van der Waals surface area contributed by atoms with E-state index < -0.39 is 6.04 Å². The third kappa shape index (κ3) is 5.55. The fourth-order valence-corrected chi connectivity index (χ4v) is 2.38. The molecule has 5 heteroatoms. The molecule has 4 nitrogen and oxygen atoms in total. The van der Waals surface area contributed by atoms with Crippen molar-refractivity contribution in [1.29, 1.82) is 0 Å². The first-order valence-electron chi connectivity index (χ1n) is 7.90. The highest BCUT2D eigenvalue weighted by Crippen LogP contribution is 2.24. The standard InChI is InChI=1S/C19H24N2O2.ClH/c1-3-5-18(20)19(22)21-13-14-8-10-15(11-9-14)16-6-4-7-17(12-16)23-2;/h4,6-12,18H,3,5,13,20H2,1-2H3,(H,21,22);1H. The third-order valence-corrected chi connectivity index (χ3v) is 3.76. The van der Waals surface area contributed by atoms with E-state index in [0.29, 0.717) is 13.0 Å². The number of nitrogens with one attached hydrogen (secondary N) is 1. The molecule has 1 atom stereocenters. The lowest BCUT2D eigenvalue weighted by Gasteiger charge is -2.11. The molecule has 0 aliphatic rings. The van der Waals surface area contributed by atoms with E-state index in [1.807, 2.05) is 55.5 Å². The average molecular weight is 349 g/mol. The fourth-order valence-electron chi connectivity index (χ4n) is 2.38. The molecule has 0 aliphatic heterocycles. The number of benzene rings is 2. The molecule has 0 aliphatic carbocycles. The summed E-state index contributed by atoms with van der Waals surface area (Å²) in [6.45, 7) is 2.51. The largest absolute Gasteiger partial charge is 0.497 e. The van der Waals surface area contributed by atoms with E-state index >= 15 is 0 Å². The maximum Gasteiger partial charge on any atom is 0.237 e. The van der Waals surface area contributed by atoms with Gasteiger partial charge in [0.05, 0.1) is 13.2 Å². The van der Waals surface area contributed by atoms with Gasteiger partial charge in [0.25, 0.3) is 0 Å². The zero-order valence-corrected chi connectivity index (χ0v) is 14.9. The van der Waals surface area contributed by atoms with Gasteiger partial charge in [0.15, 0.2) is 0 Å². The van der Waals surface area contributed by atoms with Gasteiger partial charge in [0.1, 0.15) is 5.75 Å². The summed E-state index contributed by atoms with van der Waals surface area (Å²) in [6.07, 6.45) is 1.62. The molecule has 0 saturated carbocycles. The normalized spacial score (nSPS) is 11.3. The van der Waals surface area contributed by atoms with Crippen LogP contribution in [-0.2, 0) is 11.3 Å². The Morgan fingerprint density at radius 1 is 1.17 bits per heavy atom. The highest BCUT2D eigenvalue weighted by molar-refractivity contribution is 5.85. The van der Waals surface area contributed by atoms with Crippen LogP contribution in [0.1, 0.15) is 25.3 Å². The Bertz CT molecular complexity index is 644. The van der Waals surface area contributed by atoms with E-state index in [1.54, 1.807) is 7.11 Å². The molecule has 0 aromatic heterocycles. The molecule has 0 heterocycles. The van der Waals surface area contributed by atoms with Crippen LogP contribution < -0.4 is 15.8 Å². The molecule has 2 rings (SSSR count). The molecule has 24 heavy (non-hydrogen) atoms. The summed E-state index contributed by atoms with van der Waals surface area (Å²) in [5.41, 5.74) is 9.06. The number of nitrogens with two attached hydrogens (primary N) is 1. The maximum atomic E-state index is 11.8. The van der Waals surface area contributed by atoms with Crippen molar-refractivity contribution >= 4 is 18.3 Å². The van der Waals surface area contributed by atoms with Crippen molar-refractivity contribution < 1.29 is 9.53 Å². The summed E-state index contributed by atoms with van der Waals surface area (Å²) in [6, 6.07) is 15.6. The zero-order chi connectivity index (χ0) is 16.7. The van der Waals surface area contributed by atoms with Crippen LogP contribution in [0, 0.1) is 0 Å². The van der Waals surface area contributed by atoms with E-state index in [-0.39, 0.29) is 18.3 Å². The Kier molecular flexibility index (Phi) is 8.30. The third-order valence-electron chi connectivity index (χ3n) is 3.76. The predicted molar refractivity (Wildman–Crippen MR) is 100 cm³/mol. The van der Waals surface area contributed by atoms with Crippen LogP contribution in [0.25, 0.3) is 11.1 Å². The van der Waals surface area contributed by atoms with Crippen LogP contribution in [0.15, 0.2) is 48.5 Å². The second-order valence-electron chi connectivity index (χ2n) is 5.54. The lowest BCUT2D eigenvalue weighted by Crippen LogP contribution is -2.40. The second kappa shape index (κ2) is 9.96.